The van der Waals surface area contributed by atoms with Gasteiger partial charge in [0.05, 0.1) is 0 Å². The molecule has 3 aromatic carbocycles. The Hall–Kier alpha value is -4.85. The van der Waals surface area contributed by atoms with E-state index in [4.69, 9.17) is 9.47 Å². The van der Waals surface area contributed by atoms with Gasteiger partial charge >= 0.3 is 5.97 Å². The van der Waals surface area contributed by atoms with Crippen molar-refractivity contribution in [1.82, 2.24) is 10.6 Å². The second kappa shape index (κ2) is 12.9. The van der Waals surface area contributed by atoms with Crippen molar-refractivity contribution in [3.8, 4) is 11.5 Å². The number of carbonyl (C=O) groups is 3. The third-order valence-electron chi connectivity index (χ3n) is 5.86. The van der Waals surface area contributed by atoms with Crippen molar-refractivity contribution in [2.45, 2.75) is 24.9 Å². The van der Waals surface area contributed by atoms with Crippen LogP contribution in [0, 0.1) is 0 Å². The van der Waals surface area contributed by atoms with Crippen molar-refractivity contribution in [3.63, 3.8) is 0 Å². The molecule has 8 heteroatoms. The van der Waals surface area contributed by atoms with Crippen molar-refractivity contribution in [1.29, 1.82) is 0 Å². The highest BCUT2D eigenvalue weighted by Crippen LogP contribution is 2.32. The van der Waals surface area contributed by atoms with Crippen LogP contribution in [0.2, 0.25) is 0 Å². The number of carboxylic acid groups (broad SMARTS) is 1. The van der Waals surface area contributed by atoms with Crippen molar-refractivity contribution < 1.29 is 29.0 Å². The number of ether oxygens (including phenoxy) is 2. The van der Waals surface area contributed by atoms with Crippen LogP contribution < -0.4 is 20.1 Å². The Bertz CT molecular complexity index is 1320. The van der Waals surface area contributed by atoms with E-state index in [0.717, 1.165) is 16.7 Å². The topological polar surface area (TPSA) is 114 Å². The molecule has 0 bridgehead atoms. The van der Waals surface area contributed by atoms with Crippen LogP contribution in [0.15, 0.2) is 97.1 Å². The Morgan fingerprint density at radius 2 is 1.42 bits per heavy atom. The standard InChI is InChI=1S/C30H28N2O6/c33-28(14-8-7-13-23-15-16-26-27(19-23)38-20-37-26)31-24(17-21-9-3-1-4-10-21)29(34)32-25(30(35)36)18-22-11-5-2-6-12-22/h1-16,19,24-25H,17-18,20H2,(H,31,33)(H,32,34)(H,35,36)/b13-7+,14-8+/t24?,25-/m0/s1. The number of hydrogen-bond acceptors (Lipinski definition) is 5. The van der Waals surface area contributed by atoms with E-state index in [0.29, 0.717) is 11.5 Å². The Balaban J connectivity index is 1.41. The van der Waals surface area contributed by atoms with E-state index in [9.17, 15) is 19.5 Å². The molecular weight excluding hydrogens is 484 g/mol. The smallest absolute Gasteiger partial charge is 0.326 e. The molecule has 8 nitrogen and oxygen atoms in total. The quantitative estimate of drug-likeness (QED) is 0.268. The molecule has 2 amide bonds. The first-order valence-electron chi connectivity index (χ1n) is 12.1. The van der Waals surface area contributed by atoms with Crippen LogP contribution >= 0.6 is 0 Å². The number of allylic oxidation sites excluding steroid dienone is 2. The van der Waals surface area contributed by atoms with Gasteiger partial charge in [-0.25, -0.2) is 4.79 Å². The summed E-state index contributed by atoms with van der Waals surface area (Å²) in [5, 5.41) is 15.0. The third kappa shape index (κ3) is 7.57. The summed E-state index contributed by atoms with van der Waals surface area (Å²) < 4.78 is 10.7. The van der Waals surface area contributed by atoms with Crippen LogP contribution in [0.4, 0.5) is 0 Å². The highest BCUT2D eigenvalue weighted by molar-refractivity contribution is 5.94. The van der Waals surface area contributed by atoms with Crippen LogP contribution in [-0.2, 0) is 27.2 Å². The first kappa shape index (κ1) is 26.2. The number of nitrogens with one attached hydrogen (secondary N) is 2. The molecule has 0 saturated heterocycles. The van der Waals surface area contributed by atoms with Crippen molar-refractivity contribution in [2.24, 2.45) is 0 Å². The fraction of sp³-hybridized carbons (Fsp3) is 0.167. The highest BCUT2D eigenvalue weighted by Gasteiger charge is 2.26. The second-order valence-electron chi connectivity index (χ2n) is 8.67. The van der Waals surface area contributed by atoms with E-state index in [-0.39, 0.29) is 19.6 Å². The van der Waals surface area contributed by atoms with Gasteiger partial charge in [0.15, 0.2) is 11.5 Å². The van der Waals surface area contributed by atoms with Gasteiger partial charge in [-0.2, -0.15) is 0 Å². The zero-order valence-electron chi connectivity index (χ0n) is 20.6. The summed E-state index contributed by atoms with van der Waals surface area (Å²) in [4.78, 5) is 37.7. The predicted octanol–water partition coefficient (Wildman–Crippen LogP) is 3.52. The van der Waals surface area contributed by atoms with Gasteiger partial charge in [0, 0.05) is 18.9 Å². The summed E-state index contributed by atoms with van der Waals surface area (Å²) in [6, 6.07) is 21.7. The van der Waals surface area contributed by atoms with Gasteiger partial charge in [0.1, 0.15) is 12.1 Å². The van der Waals surface area contributed by atoms with Crippen molar-refractivity contribution in [3.05, 3.63) is 114 Å². The number of aliphatic carboxylic acids is 1. The van der Waals surface area contributed by atoms with Gasteiger partial charge in [-0.1, -0.05) is 85.0 Å². The number of hydrogen-bond donors (Lipinski definition) is 3. The molecule has 3 N–H and O–H groups in total. The maximum Gasteiger partial charge on any atom is 0.326 e. The molecule has 1 unspecified atom stereocenters. The number of carboxylic acids is 1. The van der Waals surface area contributed by atoms with Crippen LogP contribution in [0.5, 0.6) is 11.5 Å². The fourth-order valence-corrected chi connectivity index (χ4v) is 3.93. The number of benzene rings is 3. The predicted molar refractivity (Wildman–Crippen MR) is 143 cm³/mol. The van der Waals surface area contributed by atoms with E-state index in [2.05, 4.69) is 10.6 Å². The fourth-order valence-electron chi connectivity index (χ4n) is 3.93. The minimum Gasteiger partial charge on any atom is -0.480 e. The van der Waals surface area contributed by atoms with Gasteiger partial charge in [0.2, 0.25) is 18.6 Å². The van der Waals surface area contributed by atoms with Gasteiger partial charge in [0.25, 0.3) is 0 Å². The Morgan fingerprint density at radius 3 is 2.08 bits per heavy atom. The van der Waals surface area contributed by atoms with Crippen molar-refractivity contribution in [2.75, 3.05) is 6.79 Å². The lowest BCUT2D eigenvalue weighted by Gasteiger charge is -2.21. The summed E-state index contributed by atoms with van der Waals surface area (Å²) >= 11 is 0. The lowest BCUT2D eigenvalue weighted by Crippen LogP contribution is -2.52. The highest BCUT2D eigenvalue weighted by atomic mass is 16.7. The largest absolute Gasteiger partial charge is 0.480 e. The summed E-state index contributed by atoms with van der Waals surface area (Å²) in [5.41, 5.74) is 2.48. The molecule has 0 spiro atoms. The molecule has 1 aliphatic rings. The third-order valence-corrected chi connectivity index (χ3v) is 5.86. The molecule has 194 valence electrons. The SMILES string of the molecule is O=C(/C=C/C=C/c1ccc2c(c1)OCO2)NC(Cc1ccccc1)C(=O)N[C@@H](Cc1ccccc1)C(=O)O. The number of fused-ring (bicyclic) bond motifs is 1. The summed E-state index contributed by atoms with van der Waals surface area (Å²) in [6.45, 7) is 0.194. The minimum absolute atomic E-state index is 0.123. The average Bonchev–Trinajstić information content (AvgIpc) is 3.39. The number of rotatable bonds is 11. The van der Waals surface area contributed by atoms with Crippen LogP contribution in [0.25, 0.3) is 6.08 Å². The average molecular weight is 513 g/mol. The summed E-state index contributed by atoms with van der Waals surface area (Å²) in [5.74, 6) is -0.856. The van der Waals surface area contributed by atoms with Crippen LogP contribution in [-0.4, -0.2) is 41.8 Å². The number of amides is 2. The van der Waals surface area contributed by atoms with Gasteiger partial charge < -0.3 is 25.2 Å². The van der Waals surface area contributed by atoms with Crippen molar-refractivity contribution >= 4 is 23.9 Å². The minimum atomic E-state index is -1.15. The Morgan fingerprint density at radius 1 is 0.789 bits per heavy atom. The second-order valence-corrected chi connectivity index (χ2v) is 8.67. The van der Waals surface area contributed by atoms with E-state index < -0.39 is 29.9 Å². The monoisotopic (exact) mass is 512 g/mol. The van der Waals surface area contributed by atoms with Gasteiger partial charge in [-0.05, 0) is 28.8 Å². The normalized spacial score (nSPS) is 13.8. The maximum atomic E-state index is 13.1. The lowest BCUT2D eigenvalue weighted by atomic mass is 10.0. The van der Waals surface area contributed by atoms with E-state index in [1.807, 2.05) is 66.7 Å². The molecule has 0 radical (unpaired) electrons. The van der Waals surface area contributed by atoms with Crippen LogP contribution in [0.3, 0.4) is 0 Å². The first-order chi connectivity index (χ1) is 18.5. The molecule has 0 aromatic heterocycles. The Labute approximate surface area is 220 Å². The molecular formula is C30H28N2O6. The maximum absolute atomic E-state index is 13.1. The van der Waals surface area contributed by atoms with E-state index in [1.54, 1.807) is 30.4 Å². The first-order valence-corrected chi connectivity index (χ1v) is 12.1. The molecule has 2 atom stereocenters. The zero-order valence-corrected chi connectivity index (χ0v) is 20.6. The molecule has 4 rings (SSSR count). The molecule has 1 aliphatic heterocycles. The molecule has 0 fully saturated rings. The lowest BCUT2D eigenvalue weighted by molar-refractivity contribution is -0.142. The van der Waals surface area contributed by atoms with Gasteiger partial charge in [-0.3, -0.25) is 9.59 Å². The molecule has 1 heterocycles. The Kier molecular flexibility index (Phi) is 8.91. The molecule has 38 heavy (non-hydrogen) atoms. The van der Waals surface area contributed by atoms with Crippen LogP contribution in [0.1, 0.15) is 16.7 Å². The number of carbonyl (C=O) groups excluding carboxylic acids is 2. The molecule has 0 aliphatic carbocycles. The molecule has 0 saturated carbocycles. The summed E-state index contributed by atoms with van der Waals surface area (Å²) in [6.07, 6.45) is 6.71. The van der Waals surface area contributed by atoms with E-state index in [1.165, 1.54) is 6.08 Å². The van der Waals surface area contributed by atoms with E-state index >= 15 is 0 Å². The van der Waals surface area contributed by atoms with Gasteiger partial charge in [-0.15, -0.1) is 0 Å². The molecule has 3 aromatic rings. The summed E-state index contributed by atoms with van der Waals surface area (Å²) in [7, 11) is 0. The zero-order chi connectivity index (χ0) is 26.7.